The molecule has 82 valence electrons. The number of nitrogens with one attached hydrogen (secondary N) is 1. The van der Waals surface area contributed by atoms with Gasteiger partial charge in [-0.25, -0.2) is 4.98 Å². The van der Waals surface area contributed by atoms with Crippen LogP contribution in [0.15, 0.2) is 22.1 Å². The zero-order valence-corrected chi connectivity index (χ0v) is 9.80. The van der Waals surface area contributed by atoms with Crippen LogP contribution in [0.4, 0.5) is 0 Å². The molecule has 0 aliphatic rings. The second kappa shape index (κ2) is 5.79. The molecule has 4 nitrogen and oxygen atoms in total. The minimum Gasteiger partial charge on any atom is -0.440 e. The van der Waals surface area contributed by atoms with Gasteiger partial charge in [0.25, 0.3) is 5.22 Å². The van der Waals surface area contributed by atoms with E-state index >= 15 is 0 Å². The molecule has 5 heteroatoms. The molecule has 0 saturated heterocycles. The highest BCUT2D eigenvalue weighted by Crippen LogP contribution is 2.19. The van der Waals surface area contributed by atoms with Crippen LogP contribution in [0.3, 0.4) is 0 Å². The van der Waals surface area contributed by atoms with Crippen molar-refractivity contribution in [1.29, 1.82) is 5.26 Å². The molecule has 1 heterocycles. The molecular weight excluding hydrogens is 210 g/mol. The van der Waals surface area contributed by atoms with Crippen molar-refractivity contribution in [1.82, 2.24) is 10.3 Å². The lowest BCUT2D eigenvalue weighted by molar-refractivity contribution is 0.442. The minimum absolute atomic E-state index is 0.450. The number of hydrogen-bond acceptors (Lipinski definition) is 5. The molecule has 1 atom stereocenters. The quantitative estimate of drug-likeness (QED) is 0.751. The Morgan fingerprint density at radius 3 is 3.07 bits per heavy atom. The van der Waals surface area contributed by atoms with Crippen LogP contribution in [0.25, 0.3) is 0 Å². The monoisotopic (exact) mass is 225 g/mol. The summed E-state index contributed by atoms with van der Waals surface area (Å²) in [4.78, 5) is 4.00. The van der Waals surface area contributed by atoms with E-state index in [0.717, 1.165) is 18.7 Å². The van der Waals surface area contributed by atoms with Gasteiger partial charge in [-0.15, -0.1) is 0 Å². The molecule has 0 spiro atoms. The van der Waals surface area contributed by atoms with Gasteiger partial charge in [-0.2, -0.15) is 5.26 Å². The van der Waals surface area contributed by atoms with Gasteiger partial charge < -0.3 is 4.42 Å². The van der Waals surface area contributed by atoms with E-state index in [1.54, 1.807) is 12.5 Å². The maximum Gasteiger partial charge on any atom is 0.255 e. The molecule has 0 amide bonds. The summed E-state index contributed by atoms with van der Waals surface area (Å²) in [5, 5.41) is 12.8. The van der Waals surface area contributed by atoms with Crippen LogP contribution in [-0.2, 0) is 0 Å². The first-order valence-electron chi connectivity index (χ1n) is 4.89. The van der Waals surface area contributed by atoms with Gasteiger partial charge in [-0.3, -0.25) is 5.32 Å². The van der Waals surface area contributed by atoms with E-state index in [1.807, 2.05) is 13.8 Å². The van der Waals surface area contributed by atoms with E-state index in [0.29, 0.717) is 5.22 Å². The molecule has 0 aliphatic heterocycles. The third kappa shape index (κ3) is 3.94. The van der Waals surface area contributed by atoms with Crippen LogP contribution in [0.2, 0.25) is 0 Å². The summed E-state index contributed by atoms with van der Waals surface area (Å²) in [5.41, 5.74) is -0.450. The molecule has 15 heavy (non-hydrogen) atoms. The van der Waals surface area contributed by atoms with E-state index in [1.165, 1.54) is 11.8 Å². The van der Waals surface area contributed by atoms with Crippen molar-refractivity contribution in [2.45, 2.75) is 31.0 Å². The molecule has 0 aromatic carbocycles. The van der Waals surface area contributed by atoms with Crippen molar-refractivity contribution in [3.8, 4) is 6.07 Å². The van der Waals surface area contributed by atoms with Gasteiger partial charge in [-0.1, -0.05) is 18.7 Å². The molecule has 0 aliphatic carbocycles. The molecule has 0 bridgehead atoms. The molecule has 0 fully saturated rings. The van der Waals surface area contributed by atoms with Crippen LogP contribution in [0.5, 0.6) is 0 Å². The lowest BCUT2D eigenvalue weighted by atomic mass is 10.0. The highest BCUT2D eigenvalue weighted by molar-refractivity contribution is 7.99. The summed E-state index contributed by atoms with van der Waals surface area (Å²) >= 11 is 1.53. The molecule has 1 aromatic rings. The van der Waals surface area contributed by atoms with Gasteiger partial charge in [0.1, 0.15) is 11.8 Å². The van der Waals surface area contributed by atoms with Gasteiger partial charge in [0.15, 0.2) is 0 Å². The Labute approximate surface area is 94.1 Å². The fourth-order valence-electron chi connectivity index (χ4n) is 1.20. The lowest BCUT2D eigenvalue weighted by Crippen LogP contribution is -2.41. The number of thioether (sulfide) groups is 1. The molecule has 1 unspecified atom stereocenters. The molecule has 1 rings (SSSR count). The maximum absolute atomic E-state index is 9.01. The van der Waals surface area contributed by atoms with Crippen LogP contribution in [0, 0.1) is 11.3 Å². The Morgan fingerprint density at radius 1 is 1.73 bits per heavy atom. The highest BCUT2D eigenvalue weighted by Gasteiger charge is 2.21. The average Bonchev–Trinajstić information content (AvgIpc) is 2.71. The summed E-state index contributed by atoms with van der Waals surface area (Å²) in [6, 6.07) is 2.28. The largest absolute Gasteiger partial charge is 0.440 e. The summed E-state index contributed by atoms with van der Waals surface area (Å²) in [6.07, 6.45) is 3.94. The van der Waals surface area contributed by atoms with E-state index in [4.69, 9.17) is 9.68 Å². The van der Waals surface area contributed by atoms with Crippen LogP contribution in [0.1, 0.15) is 20.3 Å². The fraction of sp³-hybridized carbons (Fsp3) is 0.600. The second-order valence-electron chi connectivity index (χ2n) is 3.37. The maximum atomic E-state index is 9.01. The number of aromatic nitrogens is 1. The van der Waals surface area contributed by atoms with Gasteiger partial charge in [-0.05, 0) is 19.9 Å². The SMILES string of the molecule is CCNC(C)(C#N)CCSc1ncco1. The summed E-state index contributed by atoms with van der Waals surface area (Å²) < 4.78 is 5.09. The molecule has 1 aromatic heterocycles. The van der Waals surface area contributed by atoms with Crippen LogP contribution < -0.4 is 5.32 Å². The highest BCUT2D eigenvalue weighted by atomic mass is 32.2. The van der Waals surface area contributed by atoms with E-state index in [9.17, 15) is 0 Å². The molecule has 1 N–H and O–H groups in total. The van der Waals surface area contributed by atoms with Crippen molar-refractivity contribution < 1.29 is 4.42 Å². The summed E-state index contributed by atoms with van der Waals surface area (Å²) in [7, 11) is 0. The first kappa shape index (κ1) is 12.1. The summed E-state index contributed by atoms with van der Waals surface area (Å²) in [6.45, 7) is 4.71. The standard InChI is InChI=1S/C10H15N3OS/c1-3-13-10(2,8-11)4-7-15-9-12-5-6-14-9/h5-6,13H,3-4,7H2,1-2H3. The molecule has 0 saturated carbocycles. The van der Waals surface area contributed by atoms with Crippen molar-refractivity contribution in [3.05, 3.63) is 12.5 Å². The van der Waals surface area contributed by atoms with Gasteiger partial charge in [0.2, 0.25) is 0 Å². The normalized spacial score (nSPS) is 14.5. The Kier molecular flexibility index (Phi) is 4.66. The zero-order chi connectivity index (χ0) is 11.1. The van der Waals surface area contributed by atoms with Crippen molar-refractivity contribution in [2.24, 2.45) is 0 Å². The van der Waals surface area contributed by atoms with Crippen molar-refractivity contribution >= 4 is 11.8 Å². The van der Waals surface area contributed by atoms with Gasteiger partial charge >= 0.3 is 0 Å². The van der Waals surface area contributed by atoms with E-state index in [-0.39, 0.29) is 0 Å². The molecular formula is C10H15N3OS. The van der Waals surface area contributed by atoms with Crippen molar-refractivity contribution in [2.75, 3.05) is 12.3 Å². The third-order valence-corrected chi connectivity index (χ3v) is 2.91. The number of nitrogens with zero attached hydrogens (tertiary/aromatic N) is 2. The van der Waals surface area contributed by atoms with Crippen molar-refractivity contribution in [3.63, 3.8) is 0 Å². The Morgan fingerprint density at radius 2 is 2.53 bits per heavy atom. The number of nitriles is 1. The Bertz CT molecular complexity index is 320. The predicted octanol–water partition coefficient (Wildman–Crippen LogP) is 2.05. The topological polar surface area (TPSA) is 61.9 Å². The Hall–Kier alpha value is -0.990. The second-order valence-corrected chi connectivity index (χ2v) is 4.42. The lowest BCUT2D eigenvalue weighted by Gasteiger charge is -2.21. The minimum atomic E-state index is -0.450. The molecule has 0 radical (unpaired) electrons. The zero-order valence-electron chi connectivity index (χ0n) is 8.99. The number of rotatable bonds is 6. The number of oxazole rings is 1. The fourth-order valence-corrected chi connectivity index (χ4v) is 2.14. The smallest absolute Gasteiger partial charge is 0.255 e. The predicted molar refractivity (Wildman–Crippen MR) is 59.5 cm³/mol. The first-order chi connectivity index (χ1) is 7.20. The van der Waals surface area contributed by atoms with E-state index < -0.39 is 5.54 Å². The number of hydrogen-bond donors (Lipinski definition) is 1. The third-order valence-electron chi connectivity index (χ3n) is 2.05. The van der Waals surface area contributed by atoms with E-state index in [2.05, 4.69) is 16.4 Å². The summed E-state index contributed by atoms with van der Waals surface area (Å²) in [5.74, 6) is 0.817. The average molecular weight is 225 g/mol. The van der Waals surface area contributed by atoms with Gasteiger partial charge in [0.05, 0.1) is 12.3 Å². The van der Waals surface area contributed by atoms with Crippen LogP contribution >= 0.6 is 11.8 Å². The first-order valence-corrected chi connectivity index (χ1v) is 5.87. The van der Waals surface area contributed by atoms with Crippen LogP contribution in [-0.4, -0.2) is 22.8 Å². The van der Waals surface area contributed by atoms with Gasteiger partial charge in [0, 0.05) is 5.75 Å². The Balaban J connectivity index is 2.32.